The van der Waals surface area contributed by atoms with Crippen LogP contribution in [0.3, 0.4) is 0 Å². The summed E-state index contributed by atoms with van der Waals surface area (Å²) < 4.78 is 3.13. The second kappa shape index (κ2) is 3.75. The number of nitrogens with zero attached hydrogens (tertiary/aromatic N) is 3. The fourth-order valence-corrected chi connectivity index (χ4v) is 2.21. The first kappa shape index (κ1) is 9.59. The third kappa shape index (κ3) is 1.53. The zero-order valence-corrected chi connectivity index (χ0v) is 8.97. The molecule has 84 valence electrons. The van der Waals surface area contributed by atoms with Crippen molar-refractivity contribution in [3.63, 3.8) is 0 Å². The zero-order chi connectivity index (χ0) is 11.0. The molecular formula is C11H14N4O. The predicted molar refractivity (Wildman–Crippen MR) is 60.5 cm³/mol. The molecule has 0 aromatic carbocycles. The first-order valence-corrected chi connectivity index (χ1v) is 5.62. The maximum Gasteiger partial charge on any atom is 0.350 e. The first-order chi connectivity index (χ1) is 7.84. The Morgan fingerprint density at radius 2 is 2.44 bits per heavy atom. The van der Waals surface area contributed by atoms with E-state index in [0.717, 1.165) is 13.0 Å². The summed E-state index contributed by atoms with van der Waals surface area (Å²) >= 11 is 0. The molecule has 1 unspecified atom stereocenters. The number of aromatic nitrogens is 3. The highest BCUT2D eigenvalue weighted by atomic mass is 16.2. The van der Waals surface area contributed by atoms with Gasteiger partial charge < -0.3 is 5.32 Å². The molecule has 5 nitrogen and oxygen atoms in total. The molecule has 1 aliphatic heterocycles. The summed E-state index contributed by atoms with van der Waals surface area (Å²) in [6, 6.07) is 5.97. The van der Waals surface area contributed by atoms with Crippen molar-refractivity contribution in [3.05, 3.63) is 34.9 Å². The fourth-order valence-electron chi connectivity index (χ4n) is 2.21. The van der Waals surface area contributed by atoms with Gasteiger partial charge in [0.25, 0.3) is 0 Å². The topological polar surface area (TPSA) is 51.3 Å². The van der Waals surface area contributed by atoms with E-state index in [2.05, 4.69) is 10.4 Å². The maximum atomic E-state index is 12.0. The van der Waals surface area contributed by atoms with Crippen LogP contribution in [0.2, 0.25) is 0 Å². The van der Waals surface area contributed by atoms with Crippen LogP contribution in [-0.4, -0.2) is 26.8 Å². The van der Waals surface area contributed by atoms with E-state index in [1.807, 2.05) is 18.2 Å². The van der Waals surface area contributed by atoms with E-state index in [1.54, 1.807) is 15.3 Å². The highest BCUT2D eigenvalue weighted by molar-refractivity contribution is 5.35. The van der Waals surface area contributed by atoms with Crippen molar-refractivity contribution in [2.75, 3.05) is 6.54 Å². The second-order valence-corrected chi connectivity index (χ2v) is 4.19. The van der Waals surface area contributed by atoms with Crippen molar-refractivity contribution >= 4 is 5.65 Å². The molecule has 0 aliphatic carbocycles. The molecule has 1 atom stereocenters. The Bertz CT molecular complexity index is 550. The first-order valence-electron chi connectivity index (χ1n) is 5.62. The average Bonchev–Trinajstić information content (AvgIpc) is 2.90. The standard InChI is InChI=1S/C11H14N4O/c16-11-14-7-2-1-5-10(14)13-15(11)8-9-4-3-6-12-9/h1-2,5,7,9,12H,3-4,6,8H2. The Hall–Kier alpha value is -1.62. The third-order valence-corrected chi connectivity index (χ3v) is 3.04. The van der Waals surface area contributed by atoms with Gasteiger partial charge in [-0.1, -0.05) is 6.07 Å². The molecule has 0 radical (unpaired) electrons. The van der Waals surface area contributed by atoms with Gasteiger partial charge in [0.1, 0.15) is 0 Å². The van der Waals surface area contributed by atoms with Crippen molar-refractivity contribution in [2.24, 2.45) is 0 Å². The number of nitrogens with one attached hydrogen (secondary N) is 1. The lowest BCUT2D eigenvalue weighted by Gasteiger charge is -2.07. The lowest BCUT2D eigenvalue weighted by molar-refractivity contribution is 0.466. The number of rotatable bonds is 2. The molecule has 0 spiro atoms. The molecule has 0 amide bonds. The lowest BCUT2D eigenvalue weighted by atomic mass is 10.2. The van der Waals surface area contributed by atoms with Crippen molar-refractivity contribution in [1.29, 1.82) is 0 Å². The summed E-state index contributed by atoms with van der Waals surface area (Å²) in [6.45, 7) is 1.72. The molecule has 1 saturated heterocycles. The molecule has 5 heteroatoms. The third-order valence-electron chi connectivity index (χ3n) is 3.04. The zero-order valence-electron chi connectivity index (χ0n) is 8.97. The lowest BCUT2D eigenvalue weighted by Crippen LogP contribution is -2.32. The summed E-state index contributed by atoms with van der Waals surface area (Å²) in [5.74, 6) is 0. The summed E-state index contributed by atoms with van der Waals surface area (Å²) in [5, 5.41) is 7.67. The summed E-state index contributed by atoms with van der Waals surface area (Å²) in [5.41, 5.74) is 0.662. The van der Waals surface area contributed by atoms with Crippen LogP contribution >= 0.6 is 0 Å². The van der Waals surface area contributed by atoms with Gasteiger partial charge in [0.15, 0.2) is 5.65 Å². The van der Waals surface area contributed by atoms with Gasteiger partial charge in [-0.2, -0.15) is 0 Å². The molecule has 2 aromatic rings. The Balaban J connectivity index is 1.97. The van der Waals surface area contributed by atoms with Gasteiger partial charge in [-0.05, 0) is 31.5 Å². The number of fused-ring (bicyclic) bond motifs is 1. The van der Waals surface area contributed by atoms with E-state index in [1.165, 1.54) is 6.42 Å². The van der Waals surface area contributed by atoms with Crippen LogP contribution in [0.15, 0.2) is 29.2 Å². The van der Waals surface area contributed by atoms with E-state index >= 15 is 0 Å². The van der Waals surface area contributed by atoms with Gasteiger partial charge in [-0.3, -0.25) is 4.40 Å². The Kier molecular flexibility index (Phi) is 2.25. The molecule has 1 fully saturated rings. The molecule has 0 saturated carbocycles. The van der Waals surface area contributed by atoms with E-state index in [4.69, 9.17) is 0 Å². The highest BCUT2D eigenvalue weighted by Crippen LogP contribution is 2.06. The van der Waals surface area contributed by atoms with Crippen LogP contribution in [-0.2, 0) is 6.54 Å². The largest absolute Gasteiger partial charge is 0.350 e. The number of hydrogen-bond donors (Lipinski definition) is 1. The van der Waals surface area contributed by atoms with Gasteiger partial charge in [0, 0.05) is 12.2 Å². The van der Waals surface area contributed by atoms with Crippen LogP contribution < -0.4 is 11.0 Å². The predicted octanol–water partition coefficient (Wildman–Crippen LogP) is 0.248. The Morgan fingerprint density at radius 3 is 3.19 bits per heavy atom. The van der Waals surface area contributed by atoms with Gasteiger partial charge in [0.2, 0.25) is 0 Å². The summed E-state index contributed by atoms with van der Waals surface area (Å²) in [7, 11) is 0. The van der Waals surface area contributed by atoms with E-state index in [9.17, 15) is 4.79 Å². The normalized spacial score (nSPS) is 20.6. The number of hydrogen-bond acceptors (Lipinski definition) is 3. The van der Waals surface area contributed by atoms with E-state index in [-0.39, 0.29) is 5.69 Å². The van der Waals surface area contributed by atoms with Crippen LogP contribution in [0.1, 0.15) is 12.8 Å². The Morgan fingerprint density at radius 1 is 1.50 bits per heavy atom. The van der Waals surface area contributed by atoms with Crippen LogP contribution in [0.5, 0.6) is 0 Å². The van der Waals surface area contributed by atoms with E-state index in [0.29, 0.717) is 18.2 Å². The smallest absolute Gasteiger partial charge is 0.312 e. The molecule has 16 heavy (non-hydrogen) atoms. The molecular weight excluding hydrogens is 204 g/mol. The van der Waals surface area contributed by atoms with E-state index < -0.39 is 0 Å². The van der Waals surface area contributed by atoms with Crippen molar-refractivity contribution < 1.29 is 0 Å². The van der Waals surface area contributed by atoms with Gasteiger partial charge in [-0.25, -0.2) is 9.48 Å². The van der Waals surface area contributed by atoms with Crippen molar-refractivity contribution in [1.82, 2.24) is 19.5 Å². The SMILES string of the molecule is O=c1n(CC2CCCN2)nc2ccccn12. The maximum absolute atomic E-state index is 12.0. The Labute approximate surface area is 92.7 Å². The molecule has 0 bridgehead atoms. The van der Waals surface area contributed by atoms with Crippen molar-refractivity contribution in [3.8, 4) is 0 Å². The van der Waals surface area contributed by atoms with Gasteiger partial charge in [-0.15, -0.1) is 5.10 Å². The summed E-state index contributed by atoms with van der Waals surface area (Å²) in [6.07, 6.45) is 4.07. The van der Waals surface area contributed by atoms with Crippen LogP contribution in [0, 0.1) is 0 Å². The quantitative estimate of drug-likeness (QED) is 0.786. The molecule has 3 rings (SSSR count). The molecule has 3 heterocycles. The van der Waals surface area contributed by atoms with Crippen molar-refractivity contribution in [2.45, 2.75) is 25.4 Å². The minimum Gasteiger partial charge on any atom is -0.312 e. The van der Waals surface area contributed by atoms with Crippen LogP contribution in [0.4, 0.5) is 0 Å². The second-order valence-electron chi connectivity index (χ2n) is 4.19. The average molecular weight is 218 g/mol. The minimum atomic E-state index is -0.0516. The monoisotopic (exact) mass is 218 g/mol. The van der Waals surface area contributed by atoms with Gasteiger partial charge >= 0.3 is 5.69 Å². The summed E-state index contributed by atoms with van der Waals surface area (Å²) in [4.78, 5) is 12.0. The fraction of sp³-hybridized carbons (Fsp3) is 0.455. The molecule has 1 aliphatic rings. The minimum absolute atomic E-state index is 0.0516. The molecule has 2 aromatic heterocycles. The highest BCUT2D eigenvalue weighted by Gasteiger charge is 2.16. The molecule has 1 N–H and O–H groups in total. The number of pyridine rings is 1. The van der Waals surface area contributed by atoms with Crippen LogP contribution in [0.25, 0.3) is 5.65 Å². The van der Waals surface area contributed by atoms with Gasteiger partial charge in [0.05, 0.1) is 6.54 Å².